The molecule has 2 heterocycles. The monoisotopic (exact) mass is 339 g/mol. The Morgan fingerprint density at radius 3 is 2.75 bits per heavy atom. The van der Waals surface area contributed by atoms with Crippen molar-refractivity contribution in [1.82, 2.24) is 24.6 Å². The molecule has 2 aromatic rings. The zero-order chi connectivity index (χ0) is 14.5. The van der Waals surface area contributed by atoms with Gasteiger partial charge in [-0.05, 0) is 35.3 Å². The molecule has 1 N–H and O–H groups in total. The molecule has 0 aromatic carbocycles. The van der Waals surface area contributed by atoms with Crippen LogP contribution < -0.4 is 5.32 Å². The molecule has 2 rings (SSSR count). The van der Waals surface area contributed by atoms with Crippen molar-refractivity contribution in [2.24, 2.45) is 7.05 Å². The van der Waals surface area contributed by atoms with E-state index in [-0.39, 0.29) is 6.04 Å². The molecule has 0 saturated carbocycles. The smallest absolute Gasteiger partial charge is 0.0949 e. The topological polar surface area (TPSA) is 47.7 Å². The molecule has 0 aliphatic heterocycles. The summed E-state index contributed by atoms with van der Waals surface area (Å²) in [6.07, 6.45) is 7.91. The van der Waals surface area contributed by atoms with Crippen LogP contribution in [0.1, 0.15) is 44.1 Å². The maximum absolute atomic E-state index is 4.51. The summed E-state index contributed by atoms with van der Waals surface area (Å²) in [5, 5.41) is 8.04. The summed E-state index contributed by atoms with van der Waals surface area (Å²) in [5.41, 5.74) is 2.18. The Morgan fingerprint density at radius 2 is 2.15 bits per heavy atom. The van der Waals surface area contributed by atoms with Gasteiger partial charge in [0.05, 0.1) is 34.4 Å². The molecule has 6 heteroatoms. The largest absolute Gasteiger partial charge is 0.340 e. The zero-order valence-corrected chi connectivity index (χ0v) is 13.9. The van der Waals surface area contributed by atoms with Gasteiger partial charge in [-0.2, -0.15) is 5.10 Å². The molecule has 0 radical (unpaired) electrons. The van der Waals surface area contributed by atoms with Gasteiger partial charge in [0, 0.05) is 19.8 Å². The number of imidazole rings is 1. The Morgan fingerprint density at radius 1 is 1.35 bits per heavy atom. The fourth-order valence-corrected chi connectivity index (χ4v) is 2.79. The van der Waals surface area contributed by atoms with E-state index in [1.807, 2.05) is 24.1 Å². The predicted octanol–water partition coefficient (Wildman–Crippen LogP) is 2.88. The Bertz CT molecular complexity index is 546. The maximum Gasteiger partial charge on any atom is 0.0949 e. The van der Waals surface area contributed by atoms with Gasteiger partial charge >= 0.3 is 0 Å². The molecule has 0 spiro atoms. The van der Waals surface area contributed by atoms with Crippen molar-refractivity contribution in [1.29, 1.82) is 0 Å². The first-order valence-corrected chi connectivity index (χ1v) is 7.89. The molecule has 0 fully saturated rings. The highest BCUT2D eigenvalue weighted by Gasteiger charge is 2.23. The van der Waals surface area contributed by atoms with Gasteiger partial charge in [-0.15, -0.1) is 0 Å². The third-order valence-corrected chi connectivity index (χ3v) is 3.77. The fraction of sp³-hybridized carbons (Fsp3) is 0.571. The number of aromatic nitrogens is 4. The van der Waals surface area contributed by atoms with Crippen molar-refractivity contribution in [2.45, 2.75) is 39.3 Å². The molecule has 0 amide bonds. The highest BCUT2D eigenvalue weighted by atomic mass is 79.9. The minimum absolute atomic E-state index is 0.0691. The minimum atomic E-state index is 0.0691. The summed E-state index contributed by atoms with van der Waals surface area (Å²) in [4.78, 5) is 4.51. The lowest BCUT2D eigenvalue weighted by Gasteiger charge is -2.19. The standard InChI is InChI=1S/C14H22BrN5/c1-4-6-16-13(12-9-19(3)10-17-12)14-11(15)8-18-20(14)7-5-2/h8-10,13,16H,4-7H2,1-3H3. The first-order chi connectivity index (χ1) is 9.67. The van der Waals surface area contributed by atoms with Crippen molar-refractivity contribution in [2.75, 3.05) is 6.54 Å². The second-order valence-corrected chi connectivity index (χ2v) is 5.81. The van der Waals surface area contributed by atoms with Crippen molar-refractivity contribution >= 4 is 15.9 Å². The lowest BCUT2D eigenvalue weighted by Crippen LogP contribution is -2.26. The van der Waals surface area contributed by atoms with E-state index in [1.165, 1.54) is 0 Å². The molecule has 20 heavy (non-hydrogen) atoms. The van der Waals surface area contributed by atoms with E-state index in [0.29, 0.717) is 0 Å². The van der Waals surface area contributed by atoms with Crippen LogP contribution in [0, 0.1) is 0 Å². The molecule has 110 valence electrons. The van der Waals surface area contributed by atoms with Crippen LogP contribution in [0.15, 0.2) is 23.2 Å². The molecule has 1 unspecified atom stereocenters. The van der Waals surface area contributed by atoms with E-state index in [1.54, 1.807) is 0 Å². The first kappa shape index (κ1) is 15.3. The highest BCUT2D eigenvalue weighted by molar-refractivity contribution is 9.10. The van der Waals surface area contributed by atoms with Crippen molar-refractivity contribution in [3.63, 3.8) is 0 Å². The summed E-state index contributed by atoms with van der Waals surface area (Å²) in [7, 11) is 1.99. The van der Waals surface area contributed by atoms with Gasteiger partial charge in [0.1, 0.15) is 0 Å². The average Bonchev–Trinajstić information content (AvgIpc) is 3.00. The third kappa shape index (κ3) is 3.30. The van der Waals surface area contributed by atoms with Crippen molar-refractivity contribution in [3.05, 3.63) is 34.6 Å². The quantitative estimate of drug-likeness (QED) is 0.843. The van der Waals surface area contributed by atoms with E-state index in [2.05, 4.69) is 56.1 Å². The molecule has 0 bridgehead atoms. The molecule has 0 aliphatic carbocycles. The first-order valence-electron chi connectivity index (χ1n) is 7.09. The van der Waals surface area contributed by atoms with Crippen LogP contribution in [0.3, 0.4) is 0 Å². The molecule has 0 saturated heterocycles. The van der Waals surface area contributed by atoms with Gasteiger partial charge in [-0.3, -0.25) is 4.68 Å². The van der Waals surface area contributed by atoms with Crippen LogP contribution in [0.5, 0.6) is 0 Å². The summed E-state index contributed by atoms with van der Waals surface area (Å²) >= 11 is 3.63. The normalized spacial score (nSPS) is 12.8. The van der Waals surface area contributed by atoms with Gasteiger partial charge in [-0.1, -0.05) is 13.8 Å². The summed E-state index contributed by atoms with van der Waals surface area (Å²) in [6.45, 7) is 6.19. The number of nitrogens with one attached hydrogen (secondary N) is 1. The van der Waals surface area contributed by atoms with E-state index in [4.69, 9.17) is 0 Å². The maximum atomic E-state index is 4.51. The van der Waals surface area contributed by atoms with Gasteiger partial charge in [0.25, 0.3) is 0 Å². The van der Waals surface area contributed by atoms with Gasteiger partial charge in [-0.25, -0.2) is 4.98 Å². The lowest BCUT2D eigenvalue weighted by atomic mass is 10.1. The average molecular weight is 340 g/mol. The summed E-state index contributed by atoms with van der Waals surface area (Å²) < 4.78 is 5.07. The van der Waals surface area contributed by atoms with Gasteiger partial charge in [0.15, 0.2) is 0 Å². The molecular weight excluding hydrogens is 318 g/mol. The van der Waals surface area contributed by atoms with Gasteiger partial charge in [0.2, 0.25) is 0 Å². The fourth-order valence-electron chi connectivity index (χ4n) is 2.26. The SMILES string of the molecule is CCCNC(c1cn(C)cn1)c1c(Br)cnn1CCC. The number of hydrogen-bond acceptors (Lipinski definition) is 3. The van der Waals surface area contributed by atoms with Crippen molar-refractivity contribution < 1.29 is 0 Å². The Balaban J connectivity index is 2.37. The molecular formula is C14H22BrN5. The van der Waals surface area contributed by atoms with Crippen LogP contribution >= 0.6 is 15.9 Å². The number of halogens is 1. The number of hydrogen-bond donors (Lipinski definition) is 1. The van der Waals surface area contributed by atoms with E-state index < -0.39 is 0 Å². The van der Waals surface area contributed by atoms with E-state index in [9.17, 15) is 0 Å². The van der Waals surface area contributed by atoms with Crippen LogP contribution in [0.2, 0.25) is 0 Å². The Kier molecular flexibility index (Phi) is 5.37. The zero-order valence-electron chi connectivity index (χ0n) is 12.3. The van der Waals surface area contributed by atoms with Crippen LogP contribution in [0.4, 0.5) is 0 Å². The van der Waals surface area contributed by atoms with E-state index >= 15 is 0 Å². The summed E-state index contributed by atoms with van der Waals surface area (Å²) in [5.74, 6) is 0. The molecule has 5 nitrogen and oxygen atoms in total. The second-order valence-electron chi connectivity index (χ2n) is 4.95. The summed E-state index contributed by atoms with van der Waals surface area (Å²) in [6, 6.07) is 0.0691. The van der Waals surface area contributed by atoms with Gasteiger partial charge < -0.3 is 9.88 Å². The molecule has 0 aliphatic rings. The lowest BCUT2D eigenvalue weighted by molar-refractivity contribution is 0.505. The predicted molar refractivity (Wildman–Crippen MR) is 83.6 cm³/mol. The third-order valence-electron chi connectivity index (χ3n) is 3.16. The number of nitrogens with zero attached hydrogens (tertiary/aromatic N) is 4. The Hall–Kier alpha value is -1.14. The Labute approximate surface area is 128 Å². The molecule has 2 aromatic heterocycles. The number of rotatable bonds is 7. The second kappa shape index (κ2) is 7.04. The van der Waals surface area contributed by atoms with Crippen LogP contribution in [-0.4, -0.2) is 25.9 Å². The molecule has 1 atom stereocenters. The number of aryl methyl sites for hydroxylation is 2. The minimum Gasteiger partial charge on any atom is -0.340 e. The highest BCUT2D eigenvalue weighted by Crippen LogP contribution is 2.28. The van der Waals surface area contributed by atoms with Crippen molar-refractivity contribution in [3.8, 4) is 0 Å². The van der Waals surface area contributed by atoms with Crippen LogP contribution in [-0.2, 0) is 13.6 Å². The van der Waals surface area contributed by atoms with E-state index in [0.717, 1.165) is 41.8 Å². The van der Waals surface area contributed by atoms with Crippen LogP contribution in [0.25, 0.3) is 0 Å².